The minimum absolute atomic E-state index is 0.263. The van der Waals surface area contributed by atoms with Crippen LogP contribution < -0.4 is 5.32 Å². The van der Waals surface area contributed by atoms with Gasteiger partial charge in [-0.15, -0.1) is 11.6 Å². The molecule has 0 saturated carbocycles. The first-order chi connectivity index (χ1) is 7.43. The van der Waals surface area contributed by atoms with Crippen molar-refractivity contribution in [2.45, 2.75) is 65.2 Å². The topological polar surface area (TPSA) is 21.3 Å². The molecule has 96 valence electrons. The van der Waals surface area contributed by atoms with Gasteiger partial charge in [-0.3, -0.25) is 0 Å². The maximum Gasteiger partial charge on any atom is 0.0704 e. The maximum atomic E-state index is 5.85. The molecule has 3 unspecified atom stereocenters. The predicted molar refractivity (Wildman–Crippen MR) is 70.2 cm³/mol. The van der Waals surface area contributed by atoms with E-state index in [0.717, 1.165) is 18.8 Å². The zero-order valence-electron chi connectivity index (χ0n) is 11.1. The summed E-state index contributed by atoms with van der Waals surface area (Å²) in [5, 5.41) is 3.61. The summed E-state index contributed by atoms with van der Waals surface area (Å²) in [5.41, 5.74) is 0.263. The van der Waals surface area contributed by atoms with Crippen LogP contribution in [0.1, 0.15) is 47.0 Å². The maximum absolute atomic E-state index is 5.85. The summed E-state index contributed by atoms with van der Waals surface area (Å²) in [7, 11) is 0. The Hall–Kier alpha value is 0.210. The van der Waals surface area contributed by atoms with Crippen LogP contribution in [0.3, 0.4) is 0 Å². The summed E-state index contributed by atoms with van der Waals surface area (Å²) in [6, 6.07) is 0.476. The van der Waals surface area contributed by atoms with Gasteiger partial charge in [-0.2, -0.15) is 0 Å². The summed E-state index contributed by atoms with van der Waals surface area (Å²) in [5.74, 6) is 0.719. The molecule has 16 heavy (non-hydrogen) atoms. The van der Waals surface area contributed by atoms with Crippen molar-refractivity contribution in [3.05, 3.63) is 0 Å². The number of hydrogen-bond donors (Lipinski definition) is 1. The number of nitrogens with one attached hydrogen (secondary N) is 1. The normalized spacial score (nSPS) is 28.3. The molecule has 0 spiro atoms. The molecular weight excluding hydrogens is 222 g/mol. The average molecular weight is 248 g/mol. The van der Waals surface area contributed by atoms with Gasteiger partial charge in [0.2, 0.25) is 0 Å². The van der Waals surface area contributed by atoms with Crippen molar-refractivity contribution in [3.63, 3.8) is 0 Å². The first-order valence-corrected chi connectivity index (χ1v) is 6.91. The summed E-state index contributed by atoms with van der Waals surface area (Å²) in [6.45, 7) is 9.89. The molecular formula is C13H26ClNO. The fourth-order valence-electron chi connectivity index (χ4n) is 2.26. The highest BCUT2D eigenvalue weighted by Gasteiger charge is 2.27. The van der Waals surface area contributed by atoms with Gasteiger partial charge in [-0.25, -0.2) is 0 Å². The lowest BCUT2D eigenvalue weighted by molar-refractivity contribution is 0.0511. The Labute approximate surface area is 105 Å². The Balaban J connectivity index is 2.32. The highest BCUT2D eigenvalue weighted by atomic mass is 35.5. The SMILES string of the molecule is CC1CCC(CNC(CCCl)C(C)(C)C)O1. The van der Waals surface area contributed by atoms with Crippen LogP contribution in [-0.4, -0.2) is 30.7 Å². The standard InChI is InChI=1S/C13H26ClNO/c1-10-5-6-11(16-10)9-15-12(7-8-14)13(2,3)4/h10-12,15H,5-9H2,1-4H3. The number of ether oxygens (including phenoxy) is 1. The van der Waals surface area contributed by atoms with E-state index in [-0.39, 0.29) is 5.41 Å². The van der Waals surface area contributed by atoms with E-state index in [1.807, 2.05) is 0 Å². The third-order valence-corrected chi connectivity index (χ3v) is 3.57. The second-order valence-electron chi connectivity index (χ2n) is 5.95. The Kier molecular flexibility index (Phi) is 5.55. The number of halogens is 1. The zero-order chi connectivity index (χ0) is 12.2. The van der Waals surface area contributed by atoms with Gasteiger partial charge < -0.3 is 10.1 Å². The number of hydrogen-bond acceptors (Lipinski definition) is 2. The van der Waals surface area contributed by atoms with E-state index in [2.05, 4.69) is 33.0 Å². The first-order valence-electron chi connectivity index (χ1n) is 6.38. The monoisotopic (exact) mass is 247 g/mol. The molecule has 3 heteroatoms. The van der Waals surface area contributed by atoms with Gasteiger partial charge in [0, 0.05) is 18.5 Å². The Morgan fingerprint density at radius 3 is 2.50 bits per heavy atom. The molecule has 1 aliphatic heterocycles. The molecule has 3 atom stereocenters. The van der Waals surface area contributed by atoms with E-state index in [1.165, 1.54) is 12.8 Å². The van der Waals surface area contributed by atoms with Crippen molar-refractivity contribution in [1.82, 2.24) is 5.32 Å². The van der Waals surface area contributed by atoms with Gasteiger partial charge in [0.15, 0.2) is 0 Å². The van der Waals surface area contributed by atoms with Crippen LogP contribution in [0.15, 0.2) is 0 Å². The summed E-state index contributed by atoms with van der Waals surface area (Å²) < 4.78 is 5.81. The fourth-order valence-corrected chi connectivity index (χ4v) is 2.48. The molecule has 0 amide bonds. The molecule has 0 aliphatic carbocycles. The Bertz CT molecular complexity index is 203. The molecule has 1 saturated heterocycles. The van der Waals surface area contributed by atoms with Gasteiger partial charge in [0.25, 0.3) is 0 Å². The van der Waals surface area contributed by atoms with Crippen LogP contribution in [-0.2, 0) is 4.74 Å². The molecule has 1 rings (SSSR count). The molecule has 1 fully saturated rings. The molecule has 0 aromatic carbocycles. The van der Waals surface area contributed by atoms with Crippen LogP contribution in [0, 0.1) is 5.41 Å². The lowest BCUT2D eigenvalue weighted by Crippen LogP contribution is -2.44. The van der Waals surface area contributed by atoms with E-state index in [9.17, 15) is 0 Å². The van der Waals surface area contributed by atoms with Crippen LogP contribution in [0.4, 0.5) is 0 Å². The molecule has 0 radical (unpaired) electrons. The minimum Gasteiger partial charge on any atom is -0.374 e. The van der Waals surface area contributed by atoms with Crippen molar-refractivity contribution >= 4 is 11.6 Å². The molecule has 1 N–H and O–H groups in total. The average Bonchev–Trinajstić information content (AvgIpc) is 2.57. The third-order valence-electron chi connectivity index (χ3n) is 3.36. The van der Waals surface area contributed by atoms with Gasteiger partial charge in [-0.05, 0) is 31.6 Å². The minimum atomic E-state index is 0.263. The van der Waals surface area contributed by atoms with Gasteiger partial charge in [0.05, 0.1) is 12.2 Å². The molecule has 0 bridgehead atoms. The third kappa shape index (κ3) is 4.60. The Morgan fingerprint density at radius 2 is 2.06 bits per heavy atom. The van der Waals surface area contributed by atoms with Gasteiger partial charge >= 0.3 is 0 Å². The summed E-state index contributed by atoms with van der Waals surface area (Å²) in [4.78, 5) is 0. The van der Waals surface area contributed by atoms with Crippen molar-refractivity contribution in [1.29, 1.82) is 0 Å². The van der Waals surface area contributed by atoms with Crippen molar-refractivity contribution in [2.75, 3.05) is 12.4 Å². The second kappa shape index (κ2) is 6.23. The van der Waals surface area contributed by atoms with Crippen LogP contribution >= 0.6 is 11.6 Å². The van der Waals surface area contributed by atoms with E-state index >= 15 is 0 Å². The highest BCUT2D eigenvalue weighted by molar-refractivity contribution is 6.17. The van der Waals surface area contributed by atoms with Crippen LogP contribution in [0.5, 0.6) is 0 Å². The molecule has 0 aromatic heterocycles. The number of rotatable bonds is 5. The smallest absolute Gasteiger partial charge is 0.0704 e. The van der Waals surface area contributed by atoms with E-state index in [0.29, 0.717) is 18.2 Å². The lowest BCUT2D eigenvalue weighted by atomic mass is 9.85. The molecule has 2 nitrogen and oxygen atoms in total. The van der Waals surface area contributed by atoms with Crippen molar-refractivity contribution < 1.29 is 4.74 Å². The summed E-state index contributed by atoms with van der Waals surface area (Å²) >= 11 is 5.85. The zero-order valence-corrected chi connectivity index (χ0v) is 11.8. The van der Waals surface area contributed by atoms with Crippen LogP contribution in [0.25, 0.3) is 0 Å². The number of alkyl halides is 1. The predicted octanol–water partition coefficient (Wildman–Crippen LogP) is 3.19. The lowest BCUT2D eigenvalue weighted by Gasteiger charge is -2.32. The quantitative estimate of drug-likeness (QED) is 0.754. The molecule has 0 aromatic rings. The summed E-state index contributed by atoms with van der Waals surface area (Å²) in [6.07, 6.45) is 4.24. The largest absolute Gasteiger partial charge is 0.374 e. The van der Waals surface area contributed by atoms with Gasteiger partial charge in [-0.1, -0.05) is 20.8 Å². The highest BCUT2D eigenvalue weighted by Crippen LogP contribution is 2.23. The molecule has 1 aliphatic rings. The van der Waals surface area contributed by atoms with Crippen molar-refractivity contribution in [3.8, 4) is 0 Å². The fraction of sp³-hybridized carbons (Fsp3) is 1.00. The van der Waals surface area contributed by atoms with E-state index < -0.39 is 0 Å². The van der Waals surface area contributed by atoms with Gasteiger partial charge in [0.1, 0.15) is 0 Å². The molecule has 1 heterocycles. The van der Waals surface area contributed by atoms with E-state index in [1.54, 1.807) is 0 Å². The second-order valence-corrected chi connectivity index (χ2v) is 6.33. The van der Waals surface area contributed by atoms with Crippen LogP contribution in [0.2, 0.25) is 0 Å². The Morgan fingerprint density at radius 1 is 1.38 bits per heavy atom. The first kappa shape index (κ1) is 14.3. The van der Waals surface area contributed by atoms with E-state index in [4.69, 9.17) is 16.3 Å². The van der Waals surface area contributed by atoms with Crippen molar-refractivity contribution in [2.24, 2.45) is 5.41 Å².